The zero-order valence-electron chi connectivity index (χ0n) is 11.5. The maximum atomic E-state index is 11.6. The Labute approximate surface area is 126 Å². The number of hydrogen-bond acceptors (Lipinski definition) is 6. The van der Waals surface area contributed by atoms with Crippen molar-refractivity contribution in [2.75, 3.05) is 31.2 Å². The highest BCUT2D eigenvalue weighted by molar-refractivity contribution is 7.07. The van der Waals surface area contributed by atoms with Gasteiger partial charge in [0.25, 0.3) is 5.91 Å². The Balaban J connectivity index is 2.00. The first-order valence-corrected chi connectivity index (χ1v) is 7.71. The molecule has 21 heavy (non-hydrogen) atoms. The molecule has 1 fully saturated rings. The van der Waals surface area contributed by atoms with Gasteiger partial charge in [-0.05, 0) is 12.5 Å². The molecule has 0 spiro atoms. The van der Waals surface area contributed by atoms with Gasteiger partial charge in [0.1, 0.15) is 5.69 Å². The number of ether oxygens (including phenoxy) is 1. The Morgan fingerprint density at radius 3 is 3.00 bits per heavy atom. The second-order valence-corrected chi connectivity index (χ2v) is 5.50. The zero-order chi connectivity index (χ0) is 14.7. The normalized spacial score (nSPS) is 15.7. The number of rotatable bonds is 3. The maximum Gasteiger partial charge on any atom is 0.268 e. The van der Waals surface area contributed by atoms with E-state index >= 15 is 0 Å². The third-order valence-electron chi connectivity index (χ3n) is 3.40. The van der Waals surface area contributed by atoms with Gasteiger partial charge in [0, 0.05) is 30.6 Å². The van der Waals surface area contributed by atoms with E-state index in [0.29, 0.717) is 12.2 Å². The number of pyridine rings is 1. The van der Waals surface area contributed by atoms with Crippen LogP contribution in [0.3, 0.4) is 0 Å². The molecule has 1 aliphatic rings. The van der Waals surface area contributed by atoms with Gasteiger partial charge < -0.3 is 15.4 Å². The fraction of sp³-hybridized carbons (Fsp3) is 0.357. The minimum atomic E-state index is -0.538. The lowest BCUT2D eigenvalue weighted by atomic mass is 10.1. The van der Waals surface area contributed by atoms with Gasteiger partial charge in [-0.25, -0.2) is 9.97 Å². The second-order valence-electron chi connectivity index (χ2n) is 4.78. The first kappa shape index (κ1) is 14.0. The Morgan fingerprint density at radius 1 is 1.33 bits per heavy atom. The number of primary amides is 1. The van der Waals surface area contributed by atoms with E-state index in [1.165, 1.54) is 11.3 Å². The molecule has 2 aromatic rings. The summed E-state index contributed by atoms with van der Waals surface area (Å²) in [6.07, 6.45) is 2.67. The molecule has 0 unspecified atom stereocenters. The van der Waals surface area contributed by atoms with Gasteiger partial charge in [-0.1, -0.05) is 0 Å². The van der Waals surface area contributed by atoms with Crippen molar-refractivity contribution in [3.8, 4) is 11.3 Å². The molecule has 3 rings (SSSR count). The highest BCUT2D eigenvalue weighted by atomic mass is 32.1. The number of aromatic nitrogens is 2. The molecule has 3 heterocycles. The highest BCUT2D eigenvalue weighted by Gasteiger charge is 2.17. The van der Waals surface area contributed by atoms with Crippen LogP contribution in [0.4, 0.5) is 5.69 Å². The van der Waals surface area contributed by atoms with Crippen LogP contribution in [0.5, 0.6) is 0 Å². The van der Waals surface area contributed by atoms with Crippen molar-refractivity contribution in [3.05, 3.63) is 28.8 Å². The van der Waals surface area contributed by atoms with Gasteiger partial charge in [0.05, 0.1) is 29.7 Å². The number of carbonyl (C=O) groups excluding carboxylic acids is 1. The van der Waals surface area contributed by atoms with E-state index in [9.17, 15) is 4.79 Å². The summed E-state index contributed by atoms with van der Waals surface area (Å²) in [5, 5.41) is 1.89. The van der Waals surface area contributed by atoms with E-state index in [4.69, 9.17) is 10.5 Å². The lowest BCUT2D eigenvalue weighted by Crippen LogP contribution is -2.26. The molecule has 7 heteroatoms. The standard InChI is InChI=1S/C14H16N4O2S/c15-14(19)13-11(12-8-21-9-17-12)6-10(7-16-13)18-2-1-4-20-5-3-18/h6-9H,1-5H2,(H2,15,19). The van der Waals surface area contributed by atoms with Crippen molar-refractivity contribution >= 4 is 22.9 Å². The van der Waals surface area contributed by atoms with E-state index in [0.717, 1.165) is 37.5 Å². The van der Waals surface area contributed by atoms with Crippen LogP contribution in [0.25, 0.3) is 11.3 Å². The van der Waals surface area contributed by atoms with Crippen LogP contribution in [-0.4, -0.2) is 42.2 Å². The van der Waals surface area contributed by atoms with E-state index in [2.05, 4.69) is 14.9 Å². The van der Waals surface area contributed by atoms with Crippen LogP contribution < -0.4 is 10.6 Å². The van der Waals surface area contributed by atoms with Gasteiger partial charge in [0.2, 0.25) is 0 Å². The summed E-state index contributed by atoms with van der Waals surface area (Å²) in [5.41, 5.74) is 9.79. The minimum Gasteiger partial charge on any atom is -0.380 e. The summed E-state index contributed by atoms with van der Waals surface area (Å²) < 4.78 is 5.46. The Morgan fingerprint density at radius 2 is 2.24 bits per heavy atom. The van der Waals surface area contributed by atoms with Crippen LogP contribution >= 0.6 is 11.3 Å². The molecule has 0 saturated carbocycles. The van der Waals surface area contributed by atoms with Gasteiger partial charge in [-0.3, -0.25) is 4.79 Å². The third kappa shape index (κ3) is 3.03. The number of anilines is 1. The quantitative estimate of drug-likeness (QED) is 0.930. The van der Waals surface area contributed by atoms with Crippen LogP contribution in [-0.2, 0) is 4.74 Å². The molecule has 110 valence electrons. The maximum absolute atomic E-state index is 11.6. The molecule has 2 N–H and O–H groups in total. The summed E-state index contributed by atoms with van der Waals surface area (Å²) >= 11 is 1.48. The van der Waals surface area contributed by atoms with Crippen LogP contribution in [0.15, 0.2) is 23.2 Å². The molecule has 0 radical (unpaired) electrons. The van der Waals surface area contributed by atoms with E-state index in [-0.39, 0.29) is 5.69 Å². The van der Waals surface area contributed by atoms with Crippen LogP contribution in [0.1, 0.15) is 16.9 Å². The second kappa shape index (κ2) is 6.19. The van der Waals surface area contributed by atoms with E-state index in [1.54, 1.807) is 11.7 Å². The van der Waals surface area contributed by atoms with Crippen molar-refractivity contribution < 1.29 is 9.53 Å². The molecule has 0 aliphatic carbocycles. The summed E-state index contributed by atoms with van der Waals surface area (Å²) in [4.78, 5) is 22.3. The van der Waals surface area contributed by atoms with Crippen LogP contribution in [0, 0.1) is 0 Å². The summed E-state index contributed by atoms with van der Waals surface area (Å²) in [6, 6.07) is 1.94. The zero-order valence-corrected chi connectivity index (χ0v) is 12.3. The molecule has 0 atom stereocenters. The fourth-order valence-corrected chi connectivity index (χ4v) is 2.92. The Hall–Kier alpha value is -1.99. The number of thiazole rings is 1. The van der Waals surface area contributed by atoms with Crippen molar-refractivity contribution in [3.63, 3.8) is 0 Å². The van der Waals surface area contributed by atoms with Gasteiger partial charge in [0.15, 0.2) is 0 Å². The van der Waals surface area contributed by atoms with Crippen molar-refractivity contribution in [2.45, 2.75) is 6.42 Å². The lowest BCUT2D eigenvalue weighted by Gasteiger charge is -2.22. The fourth-order valence-electron chi connectivity index (χ4n) is 2.37. The molecular weight excluding hydrogens is 288 g/mol. The van der Waals surface area contributed by atoms with Crippen molar-refractivity contribution in [2.24, 2.45) is 5.73 Å². The number of hydrogen-bond donors (Lipinski definition) is 1. The Kier molecular flexibility index (Phi) is 4.12. The summed E-state index contributed by atoms with van der Waals surface area (Å²) in [5.74, 6) is -0.538. The predicted molar refractivity (Wildman–Crippen MR) is 81.5 cm³/mol. The van der Waals surface area contributed by atoms with Crippen molar-refractivity contribution in [1.29, 1.82) is 0 Å². The first-order valence-electron chi connectivity index (χ1n) is 6.77. The molecular formula is C14H16N4O2S. The first-order chi connectivity index (χ1) is 10.3. The smallest absolute Gasteiger partial charge is 0.268 e. The Bertz CT molecular complexity index is 622. The van der Waals surface area contributed by atoms with Crippen molar-refractivity contribution in [1.82, 2.24) is 9.97 Å². The molecule has 1 saturated heterocycles. The molecule has 0 aromatic carbocycles. The minimum absolute atomic E-state index is 0.260. The summed E-state index contributed by atoms with van der Waals surface area (Å²) in [6.45, 7) is 3.20. The SMILES string of the molecule is NC(=O)c1ncc(N2CCCOCC2)cc1-c1cscn1. The molecule has 2 aromatic heterocycles. The number of carbonyl (C=O) groups is 1. The van der Waals surface area contributed by atoms with E-state index < -0.39 is 5.91 Å². The molecule has 1 aliphatic heterocycles. The monoisotopic (exact) mass is 304 g/mol. The molecule has 1 amide bonds. The summed E-state index contributed by atoms with van der Waals surface area (Å²) in [7, 11) is 0. The number of nitrogens with zero attached hydrogens (tertiary/aromatic N) is 3. The van der Waals surface area contributed by atoms with Gasteiger partial charge in [-0.2, -0.15) is 0 Å². The highest BCUT2D eigenvalue weighted by Crippen LogP contribution is 2.27. The van der Waals surface area contributed by atoms with Gasteiger partial charge in [-0.15, -0.1) is 11.3 Å². The van der Waals surface area contributed by atoms with Crippen LogP contribution in [0.2, 0.25) is 0 Å². The average molecular weight is 304 g/mol. The number of nitrogens with two attached hydrogens (primary N) is 1. The number of amides is 1. The predicted octanol–water partition coefficient (Wildman–Crippen LogP) is 1.53. The van der Waals surface area contributed by atoms with Gasteiger partial charge >= 0.3 is 0 Å². The third-order valence-corrected chi connectivity index (χ3v) is 3.99. The topological polar surface area (TPSA) is 81.3 Å². The molecule has 6 nitrogen and oxygen atoms in total. The average Bonchev–Trinajstić information content (AvgIpc) is 2.89. The van der Waals surface area contributed by atoms with E-state index in [1.807, 2.05) is 11.4 Å². The largest absolute Gasteiger partial charge is 0.380 e. The molecule has 0 bridgehead atoms. The lowest BCUT2D eigenvalue weighted by molar-refractivity contribution is 0.0996.